The highest BCUT2D eigenvalue weighted by atomic mass is 79.9. The lowest BCUT2D eigenvalue weighted by atomic mass is 10.2. The lowest BCUT2D eigenvalue weighted by Gasteiger charge is -2.10. The molecule has 0 bridgehead atoms. The van der Waals surface area contributed by atoms with Gasteiger partial charge >= 0.3 is 0 Å². The lowest BCUT2D eigenvalue weighted by molar-refractivity contribution is 0.102. The van der Waals surface area contributed by atoms with Crippen LogP contribution >= 0.6 is 43.5 Å². The van der Waals surface area contributed by atoms with Crippen LogP contribution in [0.3, 0.4) is 0 Å². The van der Waals surface area contributed by atoms with E-state index in [0.717, 1.165) is 12.1 Å². The number of carbonyl (C=O) groups excluding carboxylic acids is 1. The van der Waals surface area contributed by atoms with Crippen LogP contribution in [0.4, 0.5) is 14.5 Å². The van der Waals surface area contributed by atoms with Gasteiger partial charge in [-0.25, -0.2) is 8.78 Å². The smallest absolute Gasteiger partial charge is 0.255 e. The quantitative estimate of drug-likeness (QED) is 0.686. The molecule has 104 valence electrons. The van der Waals surface area contributed by atoms with Gasteiger partial charge in [0.15, 0.2) is 0 Å². The van der Waals surface area contributed by atoms with E-state index in [1.807, 2.05) is 0 Å². The van der Waals surface area contributed by atoms with Gasteiger partial charge in [-0.1, -0.05) is 11.6 Å². The Kier molecular flexibility index (Phi) is 4.78. The Morgan fingerprint density at radius 1 is 1.10 bits per heavy atom. The molecule has 0 aliphatic heterocycles. The van der Waals surface area contributed by atoms with Crippen molar-refractivity contribution < 1.29 is 13.6 Å². The maximum absolute atomic E-state index is 13.4. The van der Waals surface area contributed by atoms with Gasteiger partial charge in [0.1, 0.15) is 11.6 Å². The van der Waals surface area contributed by atoms with Gasteiger partial charge < -0.3 is 5.32 Å². The average Bonchev–Trinajstić information content (AvgIpc) is 2.36. The first kappa shape index (κ1) is 15.4. The van der Waals surface area contributed by atoms with Gasteiger partial charge in [0, 0.05) is 10.0 Å². The van der Waals surface area contributed by atoms with Crippen molar-refractivity contribution in [3.63, 3.8) is 0 Å². The molecule has 0 aromatic heterocycles. The van der Waals surface area contributed by atoms with E-state index in [9.17, 15) is 13.6 Å². The van der Waals surface area contributed by atoms with Gasteiger partial charge in [-0.15, -0.1) is 0 Å². The first-order valence-electron chi connectivity index (χ1n) is 5.29. The van der Waals surface area contributed by atoms with Gasteiger partial charge in [0.05, 0.1) is 15.2 Å². The molecule has 7 heteroatoms. The summed E-state index contributed by atoms with van der Waals surface area (Å²) in [4.78, 5) is 12.0. The van der Waals surface area contributed by atoms with Gasteiger partial charge in [0.25, 0.3) is 5.91 Å². The molecule has 0 aliphatic carbocycles. The highest BCUT2D eigenvalue weighted by molar-refractivity contribution is 9.10. The van der Waals surface area contributed by atoms with E-state index >= 15 is 0 Å². The van der Waals surface area contributed by atoms with E-state index in [1.54, 1.807) is 0 Å². The van der Waals surface area contributed by atoms with Crippen molar-refractivity contribution in [3.05, 3.63) is 61.5 Å². The Morgan fingerprint density at radius 2 is 1.80 bits per heavy atom. The molecule has 0 heterocycles. The van der Waals surface area contributed by atoms with Gasteiger partial charge in [-0.2, -0.15) is 0 Å². The monoisotopic (exact) mass is 423 g/mol. The molecule has 1 amide bonds. The second-order valence-corrected chi connectivity index (χ2v) is 5.94. The molecule has 0 radical (unpaired) electrons. The molecule has 0 unspecified atom stereocenters. The second kappa shape index (κ2) is 6.20. The maximum Gasteiger partial charge on any atom is 0.255 e. The number of anilines is 1. The van der Waals surface area contributed by atoms with Crippen molar-refractivity contribution in [2.45, 2.75) is 0 Å². The van der Waals surface area contributed by atoms with E-state index in [1.165, 1.54) is 18.2 Å². The number of carbonyl (C=O) groups is 1. The van der Waals surface area contributed by atoms with Gasteiger partial charge in [-0.05, 0) is 62.2 Å². The van der Waals surface area contributed by atoms with Crippen LogP contribution in [0.15, 0.2) is 39.3 Å². The van der Waals surface area contributed by atoms with Crippen molar-refractivity contribution in [3.8, 4) is 0 Å². The molecular formula is C13H6Br2ClF2NO. The van der Waals surface area contributed by atoms with Crippen LogP contribution in [-0.4, -0.2) is 5.91 Å². The molecular weight excluding hydrogens is 419 g/mol. The van der Waals surface area contributed by atoms with E-state index in [-0.39, 0.29) is 20.7 Å². The molecule has 2 aromatic rings. The van der Waals surface area contributed by atoms with Crippen LogP contribution in [-0.2, 0) is 0 Å². The number of benzene rings is 2. The molecule has 0 atom stereocenters. The van der Waals surface area contributed by atoms with Crippen LogP contribution in [0.2, 0.25) is 5.02 Å². The largest absolute Gasteiger partial charge is 0.320 e. The predicted octanol–water partition coefficient (Wildman–Crippen LogP) is 5.40. The summed E-state index contributed by atoms with van der Waals surface area (Å²) in [5.41, 5.74) is 0.347. The average molecular weight is 425 g/mol. The van der Waals surface area contributed by atoms with Crippen molar-refractivity contribution >= 4 is 55.1 Å². The van der Waals surface area contributed by atoms with Crippen molar-refractivity contribution in [1.29, 1.82) is 0 Å². The number of amides is 1. The minimum Gasteiger partial charge on any atom is -0.320 e. The molecule has 2 nitrogen and oxygen atoms in total. The summed E-state index contributed by atoms with van der Waals surface area (Å²) in [6.45, 7) is 0. The summed E-state index contributed by atoms with van der Waals surface area (Å²) in [6.07, 6.45) is 0. The number of hydrogen-bond acceptors (Lipinski definition) is 1. The number of rotatable bonds is 2. The number of hydrogen-bond donors (Lipinski definition) is 1. The van der Waals surface area contributed by atoms with Crippen LogP contribution < -0.4 is 5.32 Å². The van der Waals surface area contributed by atoms with Gasteiger partial charge in [-0.3, -0.25) is 4.79 Å². The zero-order chi connectivity index (χ0) is 14.9. The normalized spacial score (nSPS) is 10.4. The fraction of sp³-hybridized carbons (Fsp3) is 0. The SMILES string of the molecule is O=C(Nc1c(Cl)cc(F)cc1Br)c1ccc(Br)c(F)c1. The van der Waals surface area contributed by atoms with Crippen molar-refractivity contribution in [1.82, 2.24) is 0 Å². The van der Waals surface area contributed by atoms with Crippen LogP contribution in [0.5, 0.6) is 0 Å². The summed E-state index contributed by atoms with van der Waals surface area (Å²) in [5.74, 6) is -1.64. The predicted molar refractivity (Wildman–Crippen MR) is 81.2 cm³/mol. The molecule has 0 spiro atoms. The molecule has 2 aromatic carbocycles. The van der Waals surface area contributed by atoms with E-state index in [4.69, 9.17) is 11.6 Å². The minimum absolute atomic E-state index is 0.0443. The van der Waals surface area contributed by atoms with E-state index in [0.29, 0.717) is 4.47 Å². The summed E-state index contributed by atoms with van der Waals surface area (Å²) < 4.78 is 27.0. The number of halogens is 5. The Labute approximate surface area is 135 Å². The molecule has 2 rings (SSSR count). The van der Waals surface area contributed by atoms with Gasteiger partial charge in [0.2, 0.25) is 0 Å². The van der Waals surface area contributed by atoms with Crippen LogP contribution in [0.1, 0.15) is 10.4 Å². The zero-order valence-corrected chi connectivity index (χ0v) is 13.6. The first-order chi connectivity index (χ1) is 9.38. The maximum atomic E-state index is 13.4. The second-order valence-electron chi connectivity index (χ2n) is 3.83. The minimum atomic E-state index is -0.554. The summed E-state index contributed by atoms with van der Waals surface area (Å²) in [5, 5.41) is 2.55. The topological polar surface area (TPSA) is 29.1 Å². The third kappa shape index (κ3) is 3.37. The highest BCUT2D eigenvalue weighted by Crippen LogP contribution is 2.32. The van der Waals surface area contributed by atoms with Crippen LogP contribution in [0.25, 0.3) is 0 Å². The first-order valence-corrected chi connectivity index (χ1v) is 7.26. The Bertz CT molecular complexity index is 671. The fourth-order valence-corrected chi connectivity index (χ4v) is 2.63. The Hall–Kier alpha value is -0.980. The fourth-order valence-electron chi connectivity index (χ4n) is 1.48. The van der Waals surface area contributed by atoms with Crippen molar-refractivity contribution in [2.24, 2.45) is 0 Å². The summed E-state index contributed by atoms with van der Waals surface area (Å²) >= 11 is 12.0. The Balaban J connectivity index is 2.30. The standard InChI is InChI=1S/C13H6Br2ClF2NO/c14-8-2-1-6(3-11(8)18)13(20)19-12-9(15)4-7(17)5-10(12)16/h1-5H,(H,19,20). The molecule has 0 fully saturated rings. The molecule has 1 N–H and O–H groups in total. The zero-order valence-electron chi connectivity index (χ0n) is 9.68. The third-order valence-corrected chi connectivity index (χ3v) is 3.99. The Morgan fingerprint density at radius 3 is 2.40 bits per heavy atom. The number of nitrogens with one attached hydrogen (secondary N) is 1. The van der Waals surface area contributed by atoms with E-state index in [2.05, 4.69) is 37.2 Å². The summed E-state index contributed by atoms with van der Waals surface area (Å²) in [6, 6.07) is 6.21. The third-order valence-electron chi connectivity index (χ3n) is 2.43. The molecule has 20 heavy (non-hydrogen) atoms. The van der Waals surface area contributed by atoms with Crippen LogP contribution in [0, 0.1) is 11.6 Å². The summed E-state index contributed by atoms with van der Waals surface area (Å²) in [7, 11) is 0. The van der Waals surface area contributed by atoms with E-state index < -0.39 is 17.5 Å². The molecule has 0 saturated carbocycles. The molecule has 0 aliphatic rings. The highest BCUT2D eigenvalue weighted by Gasteiger charge is 2.14. The lowest BCUT2D eigenvalue weighted by Crippen LogP contribution is -2.13. The molecule has 0 saturated heterocycles. The van der Waals surface area contributed by atoms with Crippen molar-refractivity contribution in [2.75, 3.05) is 5.32 Å².